The lowest BCUT2D eigenvalue weighted by atomic mass is 9.95. The number of hydrogen-bond donors (Lipinski definition) is 0. The van der Waals surface area contributed by atoms with Gasteiger partial charge in [0.15, 0.2) is 5.82 Å². The van der Waals surface area contributed by atoms with Gasteiger partial charge in [-0.25, -0.2) is 4.39 Å². The highest BCUT2D eigenvalue weighted by molar-refractivity contribution is 5.52. The Hall–Kier alpha value is -2.51. The van der Waals surface area contributed by atoms with Gasteiger partial charge in [-0.2, -0.15) is 0 Å². The number of anilines is 1. The minimum absolute atomic E-state index is 0.226. The molecule has 0 atom stereocenters. The molecule has 1 aromatic heterocycles. The fourth-order valence-electron chi connectivity index (χ4n) is 3.19. The van der Waals surface area contributed by atoms with Crippen LogP contribution in [0.4, 0.5) is 15.8 Å². The van der Waals surface area contributed by atoms with Gasteiger partial charge in [0.2, 0.25) is 0 Å². The predicted octanol–water partition coefficient (Wildman–Crippen LogP) is 3.29. The zero-order chi connectivity index (χ0) is 17.3. The van der Waals surface area contributed by atoms with E-state index in [1.54, 1.807) is 6.33 Å². The summed E-state index contributed by atoms with van der Waals surface area (Å²) < 4.78 is 16.2. The van der Waals surface area contributed by atoms with Gasteiger partial charge in [0, 0.05) is 31.1 Å². The molecule has 1 aliphatic heterocycles. The quantitative estimate of drug-likeness (QED) is 0.634. The Morgan fingerprint density at radius 2 is 2.04 bits per heavy atom. The van der Waals surface area contributed by atoms with E-state index in [2.05, 4.69) is 28.6 Å². The van der Waals surface area contributed by atoms with Gasteiger partial charge in [0.25, 0.3) is 5.69 Å². The molecular weight excluding hydrogens is 313 g/mol. The van der Waals surface area contributed by atoms with Crippen LogP contribution in [0.1, 0.15) is 44.5 Å². The van der Waals surface area contributed by atoms with Gasteiger partial charge < -0.3 is 9.47 Å². The summed E-state index contributed by atoms with van der Waals surface area (Å²) in [6.45, 7) is 5.55. The fraction of sp³-hybridized carbons (Fsp3) is 0.500. The van der Waals surface area contributed by atoms with Crippen LogP contribution in [-0.2, 0) is 0 Å². The molecule has 0 bridgehead atoms. The van der Waals surface area contributed by atoms with Gasteiger partial charge in [0.05, 0.1) is 16.7 Å². The fourth-order valence-corrected chi connectivity index (χ4v) is 3.19. The highest BCUT2D eigenvalue weighted by Crippen LogP contribution is 2.32. The zero-order valence-corrected chi connectivity index (χ0v) is 13.7. The number of benzene rings is 1. The maximum absolute atomic E-state index is 14.2. The average molecular weight is 333 g/mol. The minimum Gasteiger partial charge on any atom is -0.369 e. The molecule has 0 N–H and O–H groups in total. The lowest BCUT2D eigenvalue weighted by Crippen LogP contribution is -2.34. The Morgan fingerprint density at radius 3 is 2.62 bits per heavy atom. The van der Waals surface area contributed by atoms with Crippen LogP contribution in [0.25, 0.3) is 0 Å². The smallest absolute Gasteiger partial charge is 0.272 e. The number of piperidine rings is 1. The number of nitro benzene ring substituents is 1. The maximum atomic E-state index is 14.2. The third kappa shape index (κ3) is 3.08. The summed E-state index contributed by atoms with van der Waals surface area (Å²) in [5, 5.41) is 19.0. The van der Waals surface area contributed by atoms with Crippen molar-refractivity contribution in [1.29, 1.82) is 0 Å². The largest absolute Gasteiger partial charge is 0.369 e. The molecule has 0 spiro atoms. The SMILES string of the molecule is CC(C)n1cnnc1C1CCN(c2ccc([N+](=O)[O-])cc2F)CC1. The van der Waals surface area contributed by atoms with Crippen molar-refractivity contribution in [2.75, 3.05) is 18.0 Å². The number of halogens is 1. The molecule has 1 saturated heterocycles. The molecule has 24 heavy (non-hydrogen) atoms. The number of non-ortho nitro benzene ring substituents is 1. The van der Waals surface area contributed by atoms with E-state index in [0.717, 1.165) is 24.7 Å². The summed E-state index contributed by atoms with van der Waals surface area (Å²) in [6.07, 6.45) is 3.45. The van der Waals surface area contributed by atoms with Crippen LogP contribution in [-0.4, -0.2) is 32.8 Å². The van der Waals surface area contributed by atoms with E-state index >= 15 is 0 Å². The van der Waals surface area contributed by atoms with Crippen LogP contribution < -0.4 is 4.90 Å². The normalized spacial score (nSPS) is 15.9. The first-order valence-electron chi connectivity index (χ1n) is 8.05. The number of nitrogens with zero attached hydrogens (tertiary/aromatic N) is 5. The third-order valence-electron chi connectivity index (χ3n) is 4.50. The lowest BCUT2D eigenvalue weighted by Gasteiger charge is -2.33. The van der Waals surface area contributed by atoms with Crippen molar-refractivity contribution in [2.45, 2.75) is 38.6 Å². The van der Waals surface area contributed by atoms with Crippen LogP contribution in [0.5, 0.6) is 0 Å². The van der Waals surface area contributed by atoms with Crippen molar-refractivity contribution in [3.63, 3.8) is 0 Å². The molecule has 1 fully saturated rings. The Kier molecular flexibility index (Phi) is 4.46. The van der Waals surface area contributed by atoms with E-state index in [1.807, 2.05) is 4.90 Å². The van der Waals surface area contributed by atoms with Crippen LogP contribution in [0, 0.1) is 15.9 Å². The monoisotopic (exact) mass is 333 g/mol. The topological polar surface area (TPSA) is 77.1 Å². The van der Waals surface area contributed by atoms with E-state index in [0.29, 0.717) is 30.7 Å². The van der Waals surface area contributed by atoms with Gasteiger partial charge in [-0.1, -0.05) is 0 Å². The molecule has 0 radical (unpaired) electrons. The van der Waals surface area contributed by atoms with E-state index in [4.69, 9.17) is 0 Å². The number of nitro groups is 1. The molecule has 128 valence electrons. The van der Waals surface area contributed by atoms with Crippen LogP contribution in [0.2, 0.25) is 0 Å². The molecule has 1 aliphatic rings. The standard InChI is InChI=1S/C16H20FN5O2/c1-11(2)21-10-18-19-16(21)12-5-7-20(8-6-12)15-4-3-13(22(23)24)9-14(15)17/h3-4,9-12H,5-8H2,1-2H3. The number of aromatic nitrogens is 3. The van der Waals surface area contributed by atoms with E-state index in [1.165, 1.54) is 12.1 Å². The molecule has 2 aromatic rings. The van der Waals surface area contributed by atoms with E-state index < -0.39 is 10.7 Å². The first-order chi connectivity index (χ1) is 11.5. The predicted molar refractivity (Wildman–Crippen MR) is 87.6 cm³/mol. The lowest BCUT2D eigenvalue weighted by molar-refractivity contribution is -0.385. The van der Waals surface area contributed by atoms with Crippen molar-refractivity contribution in [3.8, 4) is 0 Å². The summed E-state index contributed by atoms with van der Waals surface area (Å²) >= 11 is 0. The molecule has 0 unspecified atom stereocenters. The Labute approximate surface area is 139 Å². The zero-order valence-electron chi connectivity index (χ0n) is 13.7. The van der Waals surface area contributed by atoms with Gasteiger partial charge in [-0.3, -0.25) is 10.1 Å². The Balaban J connectivity index is 1.71. The number of rotatable bonds is 4. The summed E-state index contributed by atoms with van der Waals surface area (Å²) in [7, 11) is 0. The van der Waals surface area contributed by atoms with Crippen LogP contribution in [0.15, 0.2) is 24.5 Å². The second-order valence-corrected chi connectivity index (χ2v) is 6.34. The van der Waals surface area contributed by atoms with Crippen LogP contribution >= 0.6 is 0 Å². The first kappa shape index (κ1) is 16.4. The Morgan fingerprint density at radius 1 is 1.33 bits per heavy atom. The summed E-state index contributed by atoms with van der Waals surface area (Å²) in [6, 6.07) is 4.13. The molecule has 1 aromatic carbocycles. The summed E-state index contributed by atoms with van der Waals surface area (Å²) in [5.74, 6) is 0.731. The van der Waals surface area contributed by atoms with Crippen molar-refractivity contribution >= 4 is 11.4 Å². The highest BCUT2D eigenvalue weighted by Gasteiger charge is 2.26. The molecule has 3 rings (SSSR count). The summed E-state index contributed by atoms with van der Waals surface area (Å²) in [5.41, 5.74) is 0.195. The third-order valence-corrected chi connectivity index (χ3v) is 4.50. The molecule has 8 heteroatoms. The average Bonchev–Trinajstić information content (AvgIpc) is 3.05. The number of hydrogen-bond acceptors (Lipinski definition) is 5. The van der Waals surface area contributed by atoms with E-state index in [-0.39, 0.29) is 5.69 Å². The highest BCUT2D eigenvalue weighted by atomic mass is 19.1. The second-order valence-electron chi connectivity index (χ2n) is 6.34. The summed E-state index contributed by atoms with van der Waals surface area (Å²) in [4.78, 5) is 12.1. The molecule has 2 heterocycles. The van der Waals surface area contributed by atoms with Gasteiger partial charge in [-0.05, 0) is 32.8 Å². The molecule has 0 amide bonds. The minimum atomic E-state index is -0.585. The van der Waals surface area contributed by atoms with Crippen molar-refractivity contribution in [1.82, 2.24) is 14.8 Å². The van der Waals surface area contributed by atoms with Crippen molar-refractivity contribution in [2.24, 2.45) is 0 Å². The molecule has 7 nitrogen and oxygen atoms in total. The first-order valence-corrected chi connectivity index (χ1v) is 8.05. The van der Waals surface area contributed by atoms with Crippen molar-refractivity contribution in [3.05, 3.63) is 46.3 Å². The molecular formula is C16H20FN5O2. The molecule has 0 saturated carbocycles. The van der Waals surface area contributed by atoms with Gasteiger partial charge in [0.1, 0.15) is 12.2 Å². The van der Waals surface area contributed by atoms with E-state index in [9.17, 15) is 14.5 Å². The second kappa shape index (κ2) is 6.54. The molecule has 0 aliphatic carbocycles. The van der Waals surface area contributed by atoms with Crippen molar-refractivity contribution < 1.29 is 9.31 Å². The van der Waals surface area contributed by atoms with Gasteiger partial charge >= 0.3 is 0 Å². The van der Waals surface area contributed by atoms with Crippen LogP contribution in [0.3, 0.4) is 0 Å². The Bertz CT molecular complexity index is 738. The maximum Gasteiger partial charge on any atom is 0.272 e. The van der Waals surface area contributed by atoms with Gasteiger partial charge in [-0.15, -0.1) is 10.2 Å².